The number of aliphatic hydroxyl groups excluding tert-OH is 1. The molecule has 3 atom stereocenters. The van der Waals surface area contributed by atoms with Crippen LogP contribution in [-0.4, -0.2) is 65.4 Å². The van der Waals surface area contributed by atoms with Crippen LogP contribution in [0.1, 0.15) is 55.0 Å². The molecule has 6 rings (SSSR count). The van der Waals surface area contributed by atoms with Crippen molar-refractivity contribution in [2.75, 3.05) is 27.4 Å². The number of halogens is 2. The van der Waals surface area contributed by atoms with Gasteiger partial charge in [-0.2, -0.15) is 4.98 Å². The average molecular weight is 750 g/mol. The van der Waals surface area contributed by atoms with Gasteiger partial charge in [-0.05, 0) is 90.4 Å². The van der Waals surface area contributed by atoms with Gasteiger partial charge in [-0.25, -0.2) is 4.98 Å². The number of benzene rings is 2. The number of carboxylic acids is 1. The first-order valence-electron chi connectivity index (χ1n) is 16.1. The van der Waals surface area contributed by atoms with Gasteiger partial charge in [0.2, 0.25) is 17.6 Å². The molecule has 49 heavy (non-hydrogen) atoms. The van der Waals surface area contributed by atoms with Gasteiger partial charge in [0, 0.05) is 22.7 Å². The Balaban J connectivity index is 1.26. The van der Waals surface area contributed by atoms with Gasteiger partial charge in [0.25, 0.3) is 0 Å². The molecule has 2 aliphatic rings. The fourth-order valence-corrected chi connectivity index (χ4v) is 7.09. The van der Waals surface area contributed by atoms with Crippen LogP contribution >= 0.6 is 27.5 Å². The smallest absolute Gasteiger partial charge is 0.311 e. The molecule has 4 aromatic rings. The predicted molar refractivity (Wildman–Crippen MR) is 192 cm³/mol. The summed E-state index contributed by atoms with van der Waals surface area (Å²) >= 11 is 10.8. The van der Waals surface area contributed by atoms with Gasteiger partial charge in [0.15, 0.2) is 0 Å². The highest BCUT2D eigenvalue weighted by molar-refractivity contribution is 9.10. The standard InChI is InChI=1S/C37H38BrClN4O6/c1-20-18-40-32(41-20)27-11-13-29(42-34(27)48-4)26-10-6-9-25(31(26)39)22-7-5-8-24-23(22)12-14-30(24)49-35-28(38)17-21(33(43-35)47-3)15-16-37(2,19-44)36(45)46/h5-11,13,17,20,30,44H,12,14-16,18-19H2,1-4H3,(H,40,41)(H,45,46)/t20-,30+,37+/m1/s1. The fraction of sp³-hybridized carbons (Fsp3) is 0.351. The number of amidine groups is 1. The van der Waals surface area contributed by atoms with Crippen molar-refractivity contribution in [3.8, 4) is 40.0 Å². The molecule has 0 bridgehead atoms. The van der Waals surface area contributed by atoms with Crippen LogP contribution < -0.4 is 19.5 Å². The summed E-state index contributed by atoms with van der Waals surface area (Å²) in [5.41, 5.74) is 5.90. The van der Waals surface area contributed by atoms with Crippen molar-refractivity contribution in [3.05, 3.63) is 86.3 Å². The third-order valence-corrected chi connectivity index (χ3v) is 10.2. The van der Waals surface area contributed by atoms with E-state index in [9.17, 15) is 15.0 Å². The second-order valence-corrected chi connectivity index (χ2v) is 13.9. The van der Waals surface area contributed by atoms with E-state index in [1.165, 1.54) is 14.0 Å². The summed E-state index contributed by atoms with van der Waals surface area (Å²) in [5.74, 6) is 0.927. The number of hydrogen-bond donors (Lipinski definition) is 3. The van der Waals surface area contributed by atoms with Crippen LogP contribution in [0.3, 0.4) is 0 Å². The summed E-state index contributed by atoms with van der Waals surface area (Å²) in [6, 6.07) is 18.1. The van der Waals surface area contributed by atoms with E-state index in [4.69, 9.17) is 30.8 Å². The first kappa shape index (κ1) is 34.7. The third-order valence-electron chi connectivity index (χ3n) is 9.24. The summed E-state index contributed by atoms with van der Waals surface area (Å²) in [6.45, 7) is 3.84. The first-order valence-corrected chi connectivity index (χ1v) is 17.3. The van der Waals surface area contributed by atoms with Gasteiger partial charge in [0.1, 0.15) is 11.9 Å². The molecule has 0 unspecified atom stereocenters. The number of pyridine rings is 2. The summed E-state index contributed by atoms with van der Waals surface area (Å²) in [4.78, 5) is 25.7. The predicted octanol–water partition coefficient (Wildman–Crippen LogP) is 7.06. The number of hydrogen-bond acceptors (Lipinski definition) is 9. The molecule has 2 aromatic heterocycles. The number of nitrogens with one attached hydrogen (secondary N) is 1. The van der Waals surface area contributed by atoms with Crippen LogP contribution in [0.15, 0.2) is 64.1 Å². The molecule has 0 spiro atoms. The lowest BCUT2D eigenvalue weighted by Crippen LogP contribution is -2.32. The lowest BCUT2D eigenvalue weighted by atomic mass is 9.85. The van der Waals surface area contributed by atoms with Crippen molar-refractivity contribution in [3.63, 3.8) is 0 Å². The van der Waals surface area contributed by atoms with Gasteiger partial charge in [-0.1, -0.05) is 48.0 Å². The van der Waals surface area contributed by atoms with E-state index < -0.39 is 18.0 Å². The molecular formula is C37H38BrClN4O6. The van der Waals surface area contributed by atoms with E-state index in [0.29, 0.717) is 51.4 Å². The number of nitrogens with zero attached hydrogens (tertiary/aromatic N) is 3. The van der Waals surface area contributed by atoms with Gasteiger partial charge in [-0.3, -0.25) is 9.79 Å². The first-order chi connectivity index (χ1) is 23.6. The Bertz CT molecular complexity index is 1940. The van der Waals surface area contributed by atoms with Gasteiger partial charge < -0.3 is 29.7 Å². The Morgan fingerprint density at radius 3 is 2.45 bits per heavy atom. The zero-order chi connectivity index (χ0) is 34.9. The SMILES string of the molecule is COc1nc(O[C@H]2CCc3c(-c4cccc(-c5ccc(C6=NC[C@@H](C)N6)c(OC)n5)c4Cl)cccc32)c(Br)cc1CC[C@@](C)(CO)C(=O)O. The maximum Gasteiger partial charge on any atom is 0.311 e. The average Bonchev–Trinajstić information content (AvgIpc) is 3.73. The zero-order valence-corrected chi connectivity index (χ0v) is 30.1. The van der Waals surface area contributed by atoms with Gasteiger partial charge in [-0.15, -0.1) is 0 Å². The number of carboxylic acid groups (broad SMARTS) is 1. The second kappa shape index (κ2) is 14.3. The van der Waals surface area contributed by atoms with E-state index in [2.05, 4.69) is 50.3 Å². The minimum Gasteiger partial charge on any atom is -0.481 e. The quantitative estimate of drug-likeness (QED) is 0.139. The maximum atomic E-state index is 11.7. The minimum atomic E-state index is -1.27. The lowest BCUT2D eigenvalue weighted by Gasteiger charge is -2.22. The molecule has 1 aliphatic carbocycles. The number of aliphatic imine (C=N–C) groups is 1. The summed E-state index contributed by atoms with van der Waals surface area (Å²) in [5, 5.41) is 23.2. The number of aliphatic hydroxyl groups is 1. The molecule has 3 N–H and O–H groups in total. The van der Waals surface area contributed by atoms with Crippen molar-refractivity contribution < 1.29 is 29.2 Å². The molecule has 0 amide bonds. The molecule has 0 radical (unpaired) electrons. The molecule has 0 saturated heterocycles. The Morgan fingerprint density at radius 1 is 1.02 bits per heavy atom. The third kappa shape index (κ3) is 6.84. The van der Waals surface area contributed by atoms with Crippen LogP contribution in [0.5, 0.6) is 17.6 Å². The zero-order valence-electron chi connectivity index (χ0n) is 27.7. The number of methoxy groups -OCH3 is 2. The Morgan fingerprint density at radius 2 is 1.76 bits per heavy atom. The maximum absolute atomic E-state index is 11.7. The van der Waals surface area contributed by atoms with Crippen LogP contribution in [0, 0.1) is 5.41 Å². The highest BCUT2D eigenvalue weighted by Crippen LogP contribution is 2.45. The normalized spacial score (nSPS) is 17.9. The molecule has 256 valence electrons. The molecule has 3 heterocycles. The Kier molecular flexibility index (Phi) is 10.1. The Hall–Kier alpha value is -4.19. The molecule has 10 nitrogen and oxygen atoms in total. The van der Waals surface area contributed by atoms with Crippen molar-refractivity contribution in [1.29, 1.82) is 0 Å². The van der Waals surface area contributed by atoms with Crippen molar-refractivity contribution >= 4 is 39.3 Å². The lowest BCUT2D eigenvalue weighted by molar-refractivity contribution is -0.150. The number of aryl methyl sites for hydroxylation is 1. The molecule has 0 fully saturated rings. The van der Waals surface area contributed by atoms with Crippen LogP contribution in [0.25, 0.3) is 22.4 Å². The Labute approximate surface area is 298 Å². The number of aromatic nitrogens is 2. The molecular weight excluding hydrogens is 712 g/mol. The van der Waals surface area contributed by atoms with Crippen molar-refractivity contribution in [2.24, 2.45) is 10.4 Å². The number of ether oxygens (including phenoxy) is 3. The monoisotopic (exact) mass is 748 g/mol. The van der Waals surface area contributed by atoms with E-state index in [1.807, 2.05) is 42.5 Å². The highest BCUT2D eigenvalue weighted by atomic mass is 79.9. The van der Waals surface area contributed by atoms with Crippen molar-refractivity contribution in [2.45, 2.75) is 51.7 Å². The summed E-state index contributed by atoms with van der Waals surface area (Å²) in [6.07, 6.45) is 1.84. The number of rotatable bonds is 12. The summed E-state index contributed by atoms with van der Waals surface area (Å²) in [7, 11) is 3.12. The minimum absolute atomic E-state index is 0.216. The van der Waals surface area contributed by atoms with E-state index in [1.54, 1.807) is 7.11 Å². The van der Waals surface area contributed by atoms with Crippen LogP contribution in [0.2, 0.25) is 5.02 Å². The van der Waals surface area contributed by atoms with E-state index in [-0.39, 0.29) is 18.6 Å². The molecule has 2 aromatic carbocycles. The van der Waals surface area contributed by atoms with E-state index in [0.717, 1.165) is 52.1 Å². The largest absolute Gasteiger partial charge is 0.481 e. The molecule has 1 aliphatic heterocycles. The topological polar surface area (TPSA) is 135 Å². The van der Waals surface area contributed by atoms with Gasteiger partial charge >= 0.3 is 5.97 Å². The number of carbonyl (C=O) groups is 1. The van der Waals surface area contributed by atoms with Crippen LogP contribution in [0.4, 0.5) is 0 Å². The second-order valence-electron chi connectivity index (χ2n) is 12.6. The van der Waals surface area contributed by atoms with Gasteiger partial charge in [0.05, 0.1) is 53.5 Å². The number of aliphatic carboxylic acids is 1. The van der Waals surface area contributed by atoms with Crippen molar-refractivity contribution in [1.82, 2.24) is 15.3 Å². The van der Waals surface area contributed by atoms with Crippen LogP contribution in [-0.2, 0) is 17.6 Å². The number of fused-ring (bicyclic) bond motifs is 1. The fourth-order valence-electron chi connectivity index (χ4n) is 6.30. The van der Waals surface area contributed by atoms with E-state index >= 15 is 0 Å². The summed E-state index contributed by atoms with van der Waals surface area (Å²) < 4.78 is 18.3. The highest BCUT2D eigenvalue weighted by Gasteiger charge is 2.33. The molecule has 0 saturated carbocycles. The molecule has 12 heteroatoms.